The van der Waals surface area contributed by atoms with Gasteiger partial charge in [-0.3, -0.25) is 4.79 Å². The highest BCUT2D eigenvalue weighted by atomic mass is 35.5. The van der Waals surface area contributed by atoms with Gasteiger partial charge in [0.2, 0.25) is 5.91 Å². The molecular formula is C15H23ClN2O2. The van der Waals surface area contributed by atoms with Crippen molar-refractivity contribution >= 4 is 18.3 Å². The summed E-state index contributed by atoms with van der Waals surface area (Å²) in [5.41, 5.74) is 8.18. The summed E-state index contributed by atoms with van der Waals surface area (Å²) in [6, 6.07) is 7.67. The lowest BCUT2D eigenvalue weighted by Gasteiger charge is -2.22. The Balaban J connectivity index is 0.00000200. The molecule has 0 aromatic heterocycles. The van der Waals surface area contributed by atoms with E-state index in [2.05, 4.69) is 24.4 Å². The van der Waals surface area contributed by atoms with Crippen LogP contribution >= 0.6 is 12.4 Å². The predicted molar refractivity (Wildman–Crippen MR) is 81.9 cm³/mol. The van der Waals surface area contributed by atoms with E-state index in [1.165, 1.54) is 24.0 Å². The third-order valence-corrected chi connectivity index (χ3v) is 3.60. The number of ether oxygens (including phenoxy) is 1. The first-order valence-corrected chi connectivity index (χ1v) is 6.74. The Hall–Kier alpha value is -1.10. The number of nitrogens with one attached hydrogen (secondary N) is 1. The number of hydrogen-bond acceptors (Lipinski definition) is 3. The molecular weight excluding hydrogens is 276 g/mol. The molecule has 2 unspecified atom stereocenters. The molecule has 1 aromatic rings. The van der Waals surface area contributed by atoms with E-state index in [1.807, 2.05) is 12.1 Å². The molecule has 4 nitrogen and oxygen atoms in total. The largest absolute Gasteiger partial charge is 0.383 e. The van der Waals surface area contributed by atoms with Crippen molar-refractivity contribution in [1.29, 1.82) is 0 Å². The van der Waals surface area contributed by atoms with Gasteiger partial charge in [-0.25, -0.2) is 0 Å². The molecule has 0 bridgehead atoms. The van der Waals surface area contributed by atoms with Crippen molar-refractivity contribution in [2.45, 2.75) is 31.8 Å². The third kappa shape index (κ3) is 4.20. The number of hydrogen-bond donors (Lipinski definition) is 2. The van der Waals surface area contributed by atoms with Crippen LogP contribution in [0.1, 0.15) is 30.0 Å². The summed E-state index contributed by atoms with van der Waals surface area (Å²) < 4.78 is 4.93. The first-order chi connectivity index (χ1) is 9.13. The van der Waals surface area contributed by atoms with Gasteiger partial charge in [0, 0.05) is 7.11 Å². The molecule has 1 aliphatic rings. The number of carbonyl (C=O) groups is 1. The number of halogens is 1. The van der Waals surface area contributed by atoms with Crippen molar-refractivity contribution in [3.8, 4) is 0 Å². The van der Waals surface area contributed by atoms with Crippen LogP contribution in [-0.4, -0.2) is 25.7 Å². The highest BCUT2D eigenvalue weighted by molar-refractivity contribution is 5.85. The summed E-state index contributed by atoms with van der Waals surface area (Å²) in [6.45, 7) is 2.32. The highest BCUT2D eigenvalue weighted by Crippen LogP contribution is 2.41. The average Bonchev–Trinajstić information content (AvgIpc) is 3.21. The number of methoxy groups -OCH3 is 1. The van der Waals surface area contributed by atoms with Gasteiger partial charge in [-0.05, 0) is 36.8 Å². The van der Waals surface area contributed by atoms with Gasteiger partial charge in [-0.15, -0.1) is 12.4 Å². The third-order valence-electron chi connectivity index (χ3n) is 3.60. The molecule has 0 saturated heterocycles. The van der Waals surface area contributed by atoms with E-state index in [0.717, 1.165) is 0 Å². The van der Waals surface area contributed by atoms with Gasteiger partial charge in [0.25, 0.3) is 0 Å². The Morgan fingerprint density at radius 2 is 2.10 bits per heavy atom. The van der Waals surface area contributed by atoms with Gasteiger partial charge in [0.15, 0.2) is 0 Å². The first-order valence-electron chi connectivity index (χ1n) is 6.74. The summed E-state index contributed by atoms with van der Waals surface area (Å²) >= 11 is 0. The van der Waals surface area contributed by atoms with Crippen molar-refractivity contribution < 1.29 is 9.53 Å². The van der Waals surface area contributed by atoms with E-state index >= 15 is 0 Å². The fourth-order valence-corrected chi connectivity index (χ4v) is 2.33. The number of amides is 1. The minimum Gasteiger partial charge on any atom is -0.383 e. The van der Waals surface area contributed by atoms with Crippen molar-refractivity contribution in [2.75, 3.05) is 13.7 Å². The van der Waals surface area contributed by atoms with Gasteiger partial charge >= 0.3 is 0 Å². The minimum atomic E-state index is -0.602. The molecule has 0 spiro atoms. The average molecular weight is 299 g/mol. The summed E-state index contributed by atoms with van der Waals surface area (Å²) in [4.78, 5) is 12.0. The zero-order chi connectivity index (χ0) is 13.8. The lowest BCUT2D eigenvalue weighted by Crippen LogP contribution is -2.45. The second kappa shape index (κ2) is 7.62. The van der Waals surface area contributed by atoms with Gasteiger partial charge in [0.1, 0.15) is 6.04 Å². The molecule has 0 aliphatic heterocycles. The van der Waals surface area contributed by atoms with Gasteiger partial charge in [-0.1, -0.05) is 24.3 Å². The van der Waals surface area contributed by atoms with Crippen molar-refractivity contribution in [2.24, 2.45) is 11.7 Å². The quantitative estimate of drug-likeness (QED) is 0.844. The van der Waals surface area contributed by atoms with E-state index in [4.69, 9.17) is 10.5 Å². The van der Waals surface area contributed by atoms with Crippen LogP contribution in [0.2, 0.25) is 0 Å². The van der Waals surface area contributed by atoms with Gasteiger partial charge < -0.3 is 15.8 Å². The van der Waals surface area contributed by atoms with Crippen LogP contribution in [0.25, 0.3) is 0 Å². The Bertz CT molecular complexity index is 449. The zero-order valence-corrected chi connectivity index (χ0v) is 12.8. The van der Waals surface area contributed by atoms with Crippen LogP contribution in [0.3, 0.4) is 0 Å². The topological polar surface area (TPSA) is 64.3 Å². The van der Waals surface area contributed by atoms with E-state index in [0.29, 0.717) is 5.92 Å². The van der Waals surface area contributed by atoms with Crippen molar-refractivity contribution in [3.63, 3.8) is 0 Å². The fourth-order valence-electron chi connectivity index (χ4n) is 2.33. The standard InChI is InChI=1S/C15H22N2O2.ClH/c1-10-5-3-4-6-12(10)14(11-7-8-11)17-15(18)13(16)9-19-2;/h3-6,11,13-14H,7-9,16H2,1-2H3,(H,17,18);1H. The molecule has 1 aromatic carbocycles. The SMILES string of the molecule is COCC(N)C(=O)NC(c1ccccc1C)C1CC1.Cl. The monoisotopic (exact) mass is 298 g/mol. The second-order valence-electron chi connectivity index (χ2n) is 5.24. The number of aryl methyl sites for hydroxylation is 1. The Morgan fingerprint density at radius 1 is 1.45 bits per heavy atom. The summed E-state index contributed by atoms with van der Waals surface area (Å²) in [5, 5.41) is 3.08. The molecule has 2 rings (SSSR count). The Morgan fingerprint density at radius 3 is 2.65 bits per heavy atom. The Kier molecular flexibility index (Phi) is 6.46. The first kappa shape index (κ1) is 17.0. The zero-order valence-electron chi connectivity index (χ0n) is 12.0. The summed E-state index contributed by atoms with van der Waals surface area (Å²) in [5.74, 6) is 0.404. The smallest absolute Gasteiger partial charge is 0.239 e. The second-order valence-corrected chi connectivity index (χ2v) is 5.24. The number of benzene rings is 1. The molecule has 0 radical (unpaired) electrons. The van der Waals surface area contributed by atoms with Crippen molar-refractivity contribution in [1.82, 2.24) is 5.32 Å². The molecule has 1 fully saturated rings. The maximum absolute atomic E-state index is 12.0. The van der Waals surface area contributed by atoms with Crippen LogP contribution in [0.15, 0.2) is 24.3 Å². The number of carbonyl (C=O) groups excluding carboxylic acids is 1. The molecule has 0 heterocycles. The number of nitrogens with two attached hydrogens (primary N) is 1. The lowest BCUT2D eigenvalue weighted by molar-refractivity contribution is -0.124. The maximum atomic E-state index is 12.0. The highest BCUT2D eigenvalue weighted by Gasteiger charge is 2.34. The summed E-state index contributed by atoms with van der Waals surface area (Å²) in [7, 11) is 1.55. The van der Waals surface area contributed by atoms with Crippen LogP contribution in [0.4, 0.5) is 0 Å². The van der Waals surface area contributed by atoms with Crippen LogP contribution in [0.5, 0.6) is 0 Å². The maximum Gasteiger partial charge on any atom is 0.239 e. The molecule has 1 aliphatic carbocycles. The van der Waals surface area contributed by atoms with E-state index in [1.54, 1.807) is 7.11 Å². The fraction of sp³-hybridized carbons (Fsp3) is 0.533. The molecule has 112 valence electrons. The van der Waals surface area contributed by atoms with Crippen LogP contribution in [-0.2, 0) is 9.53 Å². The van der Waals surface area contributed by atoms with E-state index < -0.39 is 6.04 Å². The molecule has 2 atom stereocenters. The predicted octanol–water partition coefficient (Wildman–Crippen LogP) is 1.96. The van der Waals surface area contributed by atoms with Crippen LogP contribution in [0, 0.1) is 12.8 Å². The molecule has 1 saturated carbocycles. The molecule has 20 heavy (non-hydrogen) atoms. The van der Waals surface area contributed by atoms with Gasteiger partial charge in [-0.2, -0.15) is 0 Å². The van der Waals surface area contributed by atoms with Crippen LogP contribution < -0.4 is 11.1 Å². The lowest BCUT2D eigenvalue weighted by atomic mass is 9.97. The van der Waals surface area contributed by atoms with E-state index in [-0.39, 0.29) is 31.0 Å². The normalized spacial score (nSPS) is 16.9. The Labute approximate surface area is 126 Å². The summed E-state index contributed by atoms with van der Waals surface area (Å²) in [6.07, 6.45) is 2.33. The minimum absolute atomic E-state index is 0. The molecule has 3 N–H and O–H groups in total. The van der Waals surface area contributed by atoms with Crippen molar-refractivity contribution in [3.05, 3.63) is 35.4 Å². The van der Waals surface area contributed by atoms with E-state index in [9.17, 15) is 4.79 Å². The van der Waals surface area contributed by atoms with Gasteiger partial charge in [0.05, 0.1) is 12.6 Å². The molecule has 1 amide bonds. The molecule has 5 heteroatoms. The number of rotatable bonds is 6.